The topological polar surface area (TPSA) is 102 Å². The molecular weight excluding hydrogens is 251 g/mol. The Bertz CT molecular complexity index is 464. The van der Waals surface area contributed by atoms with Crippen molar-refractivity contribution in [3.8, 4) is 11.5 Å². The number of carbonyl (C=O) groups excluding carboxylic acids is 1. The molecule has 0 radical (unpaired) electrons. The molecule has 0 aliphatic heterocycles. The van der Waals surface area contributed by atoms with Crippen LogP contribution in [0, 0.1) is 0 Å². The van der Waals surface area contributed by atoms with E-state index in [1.165, 1.54) is 32.4 Å². The molecule has 0 aliphatic rings. The lowest BCUT2D eigenvalue weighted by molar-refractivity contribution is 0.0600. The molecule has 0 unspecified atom stereocenters. The Kier molecular flexibility index (Phi) is 4.11. The zero-order valence-corrected chi connectivity index (χ0v) is 10.0. The second kappa shape index (κ2) is 5.18. The maximum atomic E-state index is 11.2. The van der Waals surface area contributed by atoms with Crippen molar-refractivity contribution in [2.75, 3.05) is 14.2 Å². The Hall–Kier alpha value is -1.56. The lowest BCUT2D eigenvalue weighted by Gasteiger charge is -2.11. The SMILES string of the molecule is COC(=O)c1ccc(OP(=O)(O)O)c(OC)c1. The predicted octanol–water partition coefficient (Wildman–Crippen LogP) is 0.953. The van der Waals surface area contributed by atoms with Crippen LogP contribution in [0.5, 0.6) is 11.5 Å². The van der Waals surface area contributed by atoms with Crippen LogP contribution in [0.15, 0.2) is 18.2 Å². The average Bonchev–Trinajstić information content (AvgIpc) is 2.26. The maximum absolute atomic E-state index is 11.2. The number of carbonyl (C=O) groups is 1. The van der Waals surface area contributed by atoms with E-state index in [9.17, 15) is 9.36 Å². The Balaban J connectivity index is 3.10. The number of benzene rings is 1. The fraction of sp³-hybridized carbons (Fsp3) is 0.222. The van der Waals surface area contributed by atoms with Crippen LogP contribution in [0.25, 0.3) is 0 Å². The summed E-state index contributed by atoms with van der Waals surface area (Å²) in [5, 5.41) is 0. The van der Waals surface area contributed by atoms with Crippen LogP contribution in [0.3, 0.4) is 0 Å². The monoisotopic (exact) mass is 262 g/mol. The van der Waals surface area contributed by atoms with Gasteiger partial charge in [-0.25, -0.2) is 9.36 Å². The van der Waals surface area contributed by atoms with Crippen molar-refractivity contribution in [1.82, 2.24) is 0 Å². The molecule has 17 heavy (non-hydrogen) atoms. The molecule has 2 N–H and O–H groups in total. The molecule has 0 atom stereocenters. The van der Waals surface area contributed by atoms with E-state index in [1.54, 1.807) is 0 Å². The minimum absolute atomic E-state index is 0.0243. The normalized spacial score (nSPS) is 10.8. The number of hydrogen-bond donors (Lipinski definition) is 2. The van der Waals surface area contributed by atoms with Gasteiger partial charge in [-0.05, 0) is 18.2 Å². The summed E-state index contributed by atoms with van der Waals surface area (Å²) >= 11 is 0. The molecule has 0 saturated heterocycles. The predicted molar refractivity (Wildman–Crippen MR) is 57.0 cm³/mol. The first-order valence-electron chi connectivity index (χ1n) is 4.39. The maximum Gasteiger partial charge on any atom is 0.524 e. The summed E-state index contributed by atoms with van der Waals surface area (Å²) in [6, 6.07) is 3.78. The fourth-order valence-corrected chi connectivity index (χ4v) is 1.52. The third-order valence-electron chi connectivity index (χ3n) is 1.80. The molecule has 0 fully saturated rings. The van der Waals surface area contributed by atoms with Crippen molar-refractivity contribution in [2.45, 2.75) is 0 Å². The molecule has 0 spiro atoms. The second-order valence-corrected chi connectivity index (χ2v) is 4.10. The molecule has 8 heteroatoms. The van der Waals surface area contributed by atoms with Crippen LogP contribution in [0.2, 0.25) is 0 Å². The van der Waals surface area contributed by atoms with Gasteiger partial charge in [0, 0.05) is 0 Å². The van der Waals surface area contributed by atoms with Crippen molar-refractivity contribution in [1.29, 1.82) is 0 Å². The van der Waals surface area contributed by atoms with Gasteiger partial charge < -0.3 is 14.0 Å². The van der Waals surface area contributed by atoms with E-state index in [4.69, 9.17) is 14.5 Å². The zero-order valence-electron chi connectivity index (χ0n) is 9.11. The first kappa shape index (κ1) is 13.5. The van der Waals surface area contributed by atoms with E-state index in [0.29, 0.717) is 0 Å². The molecule has 0 saturated carbocycles. The van der Waals surface area contributed by atoms with E-state index in [2.05, 4.69) is 9.26 Å². The zero-order chi connectivity index (χ0) is 13.1. The van der Waals surface area contributed by atoms with Gasteiger partial charge in [0.05, 0.1) is 19.8 Å². The van der Waals surface area contributed by atoms with Gasteiger partial charge in [0.15, 0.2) is 11.5 Å². The Labute approximate surface area is 97.2 Å². The summed E-state index contributed by atoms with van der Waals surface area (Å²) in [6.45, 7) is 0. The number of methoxy groups -OCH3 is 2. The molecule has 1 aromatic rings. The van der Waals surface area contributed by atoms with E-state index in [-0.39, 0.29) is 17.1 Å². The molecule has 0 aromatic heterocycles. The van der Waals surface area contributed by atoms with Crippen molar-refractivity contribution in [3.05, 3.63) is 23.8 Å². The number of ether oxygens (including phenoxy) is 2. The highest BCUT2D eigenvalue weighted by Gasteiger charge is 2.20. The molecule has 0 bridgehead atoms. The Morgan fingerprint density at radius 2 is 1.88 bits per heavy atom. The van der Waals surface area contributed by atoms with Crippen LogP contribution >= 0.6 is 7.82 Å². The number of phosphoric ester groups is 1. The van der Waals surface area contributed by atoms with Gasteiger partial charge in [0.2, 0.25) is 0 Å². The van der Waals surface area contributed by atoms with Gasteiger partial charge in [-0.2, -0.15) is 0 Å². The Morgan fingerprint density at radius 1 is 1.24 bits per heavy atom. The van der Waals surface area contributed by atoms with Gasteiger partial charge >= 0.3 is 13.8 Å². The van der Waals surface area contributed by atoms with Gasteiger partial charge in [-0.3, -0.25) is 9.79 Å². The first-order chi connectivity index (χ1) is 7.87. The fourth-order valence-electron chi connectivity index (χ4n) is 1.12. The Morgan fingerprint density at radius 3 is 2.35 bits per heavy atom. The number of phosphoric acid groups is 1. The van der Waals surface area contributed by atoms with Crippen molar-refractivity contribution < 1.29 is 33.1 Å². The van der Waals surface area contributed by atoms with Crippen LogP contribution in [0.1, 0.15) is 10.4 Å². The summed E-state index contributed by atoms with van der Waals surface area (Å²) in [7, 11) is -2.17. The van der Waals surface area contributed by atoms with Crippen molar-refractivity contribution >= 4 is 13.8 Å². The standard InChI is InChI=1S/C9H11O7P/c1-14-8-5-6(9(10)15-2)3-4-7(8)16-17(11,12)13/h3-5H,1-2H3,(H2,11,12,13). The van der Waals surface area contributed by atoms with Crippen LogP contribution < -0.4 is 9.26 Å². The van der Waals surface area contributed by atoms with Gasteiger partial charge in [-0.15, -0.1) is 0 Å². The molecule has 1 rings (SSSR count). The molecular formula is C9H11O7P. The molecule has 0 amide bonds. The summed E-state index contributed by atoms with van der Waals surface area (Å²) < 4.78 is 24.4. The molecule has 0 heterocycles. The largest absolute Gasteiger partial charge is 0.524 e. The minimum atomic E-state index is -4.67. The average molecular weight is 262 g/mol. The first-order valence-corrected chi connectivity index (χ1v) is 5.92. The van der Waals surface area contributed by atoms with Gasteiger partial charge in [0.25, 0.3) is 0 Å². The van der Waals surface area contributed by atoms with E-state index < -0.39 is 13.8 Å². The summed E-state index contributed by atoms with van der Waals surface area (Å²) in [5.41, 5.74) is 0.183. The molecule has 1 aromatic carbocycles. The number of hydrogen-bond acceptors (Lipinski definition) is 5. The third kappa shape index (κ3) is 3.74. The third-order valence-corrected chi connectivity index (χ3v) is 2.24. The highest BCUT2D eigenvalue weighted by molar-refractivity contribution is 7.46. The van der Waals surface area contributed by atoms with Crippen molar-refractivity contribution in [2.24, 2.45) is 0 Å². The molecule has 94 valence electrons. The highest BCUT2D eigenvalue weighted by Crippen LogP contribution is 2.42. The van der Waals surface area contributed by atoms with Crippen molar-refractivity contribution in [3.63, 3.8) is 0 Å². The summed E-state index contributed by atoms with van der Waals surface area (Å²) in [5.74, 6) is -0.726. The summed E-state index contributed by atoms with van der Waals surface area (Å²) in [6.07, 6.45) is 0. The van der Waals surface area contributed by atoms with Crippen LogP contribution in [0.4, 0.5) is 0 Å². The summed E-state index contributed by atoms with van der Waals surface area (Å²) in [4.78, 5) is 28.5. The van der Waals surface area contributed by atoms with E-state index >= 15 is 0 Å². The second-order valence-electron chi connectivity index (χ2n) is 2.94. The van der Waals surface area contributed by atoms with Crippen LogP contribution in [-0.4, -0.2) is 30.0 Å². The highest BCUT2D eigenvalue weighted by atomic mass is 31.2. The number of esters is 1. The smallest absolute Gasteiger partial charge is 0.493 e. The minimum Gasteiger partial charge on any atom is -0.493 e. The molecule has 0 aliphatic carbocycles. The van der Waals surface area contributed by atoms with E-state index in [1.807, 2.05) is 0 Å². The lowest BCUT2D eigenvalue weighted by atomic mass is 10.2. The van der Waals surface area contributed by atoms with Gasteiger partial charge in [-0.1, -0.05) is 0 Å². The number of rotatable bonds is 4. The lowest BCUT2D eigenvalue weighted by Crippen LogP contribution is -2.02. The van der Waals surface area contributed by atoms with Crippen LogP contribution in [-0.2, 0) is 9.30 Å². The van der Waals surface area contributed by atoms with Gasteiger partial charge in [0.1, 0.15) is 0 Å². The van der Waals surface area contributed by atoms with E-state index in [0.717, 1.165) is 0 Å². The molecule has 7 nitrogen and oxygen atoms in total. The quantitative estimate of drug-likeness (QED) is 0.615.